The van der Waals surface area contributed by atoms with Crippen LogP contribution in [0.15, 0.2) is 11.0 Å². The minimum atomic E-state index is -0.298. The highest BCUT2D eigenvalue weighted by Gasteiger charge is 2.23. The summed E-state index contributed by atoms with van der Waals surface area (Å²) in [4.78, 5) is 14.1. The third kappa shape index (κ3) is 2.51. The molecule has 0 radical (unpaired) electrons. The van der Waals surface area contributed by atoms with Gasteiger partial charge in [0.2, 0.25) is 0 Å². The largest absolute Gasteiger partial charge is 0.364 e. The lowest BCUT2D eigenvalue weighted by atomic mass is 10.1. The van der Waals surface area contributed by atoms with E-state index in [1.807, 2.05) is 6.07 Å². The quantitative estimate of drug-likeness (QED) is 0.607. The van der Waals surface area contributed by atoms with Gasteiger partial charge in [-0.3, -0.25) is 4.79 Å². The van der Waals surface area contributed by atoms with E-state index in [-0.39, 0.29) is 23.5 Å². The van der Waals surface area contributed by atoms with E-state index in [0.29, 0.717) is 5.69 Å². The fourth-order valence-corrected chi connectivity index (χ4v) is 3.35. The molecule has 0 saturated carbocycles. The zero-order valence-electron chi connectivity index (χ0n) is 9.85. The van der Waals surface area contributed by atoms with Crippen molar-refractivity contribution in [3.8, 4) is 6.07 Å². The van der Waals surface area contributed by atoms with E-state index in [0.717, 1.165) is 19.6 Å². The fourth-order valence-electron chi connectivity index (χ4n) is 2.03. The predicted molar refractivity (Wildman–Crippen MR) is 80.6 cm³/mol. The van der Waals surface area contributed by atoms with Crippen LogP contribution in [0.1, 0.15) is 12.5 Å². The van der Waals surface area contributed by atoms with Crippen LogP contribution in [-0.2, 0) is 0 Å². The number of hydrogen-bond acceptors (Lipinski definition) is 5. The first-order chi connectivity index (χ1) is 8.69. The predicted octanol–water partition coefficient (Wildman–Crippen LogP) is 0.705. The summed E-state index contributed by atoms with van der Waals surface area (Å²) in [5.74, 6) is 0. The number of nitrogens with zero attached hydrogens (tertiary/aromatic N) is 4. The summed E-state index contributed by atoms with van der Waals surface area (Å²) in [6.07, 6.45) is 1.84. The van der Waals surface area contributed by atoms with Gasteiger partial charge >= 0.3 is 0 Å². The fraction of sp³-hybridized carbons (Fsp3) is 0.500. The zero-order chi connectivity index (χ0) is 13.1. The Hall–Kier alpha value is -0.710. The van der Waals surface area contributed by atoms with E-state index in [4.69, 9.17) is 0 Å². The van der Waals surface area contributed by atoms with Gasteiger partial charge in [-0.15, -0.1) is 0 Å². The number of piperazine rings is 1. The maximum atomic E-state index is 12.0. The molecule has 0 aromatic carbocycles. The van der Waals surface area contributed by atoms with E-state index in [1.165, 1.54) is 4.45 Å². The van der Waals surface area contributed by atoms with Crippen molar-refractivity contribution in [1.29, 1.82) is 5.26 Å². The number of rotatable bonds is 2. The molecule has 1 fully saturated rings. The topological polar surface area (TPSA) is 74.0 Å². The summed E-state index contributed by atoms with van der Waals surface area (Å²) in [5.41, 5.74) is 0.554. The molecule has 2 atom stereocenters. The first-order valence-corrected chi connectivity index (χ1v) is 9.61. The highest BCUT2D eigenvalue weighted by Crippen LogP contribution is 2.23. The summed E-state index contributed by atoms with van der Waals surface area (Å²) < 4.78 is 1.33. The molecular weight excluding hydrogens is 364 g/mol. The minimum absolute atomic E-state index is 0.197. The average Bonchev–Trinajstić information content (AvgIpc) is 2.39. The van der Waals surface area contributed by atoms with Gasteiger partial charge in [0.1, 0.15) is 11.6 Å². The number of nitriles is 1. The summed E-state index contributed by atoms with van der Waals surface area (Å²) >= 11 is 2.08. The second-order valence-electron chi connectivity index (χ2n) is 4.06. The van der Waals surface area contributed by atoms with Crippen molar-refractivity contribution in [2.24, 2.45) is 0 Å². The molecule has 2 rings (SSSR count). The second kappa shape index (κ2) is 5.95. The number of aromatic nitrogens is 2. The summed E-state index contributed by atoms with van der Waals surface area (Å²) in [6.45, 7) is 4.56. The Morgan fingerprint density at radius 3 is 3.11 bits per heavy atom. The van der Waals surface area contributed by atoms with Crippen molar-refractivity contribution < 1.29 is 0 Å². The molecule has 1 aromatic rings. The van der Waals surface area contributed by atoms with E-state index >= 15 is 0 Å². The molecule has 6 nitrogen and oxygen atoms in total. The lowest BCUT2D eigenvalue weighted by molar-refractivity contribution is 0.499. The first-order valence-electron chi connectivity index (χ1n) is 5.55. The maximum Gasteiger partial charge on any atom is 0.290 e. The van der Waals surface area contributed by atoms with Crippen LogP contribution in [0.5, 0.6) is 0 Å². The molecule has 0 spiro atoms. The molecule has 1 aromatic heterocycles. The number of nitrogens with one attached hydrogen (secondary N) is 1. The molecule has 0 amide bonds. The molecular formula is C10H13IN5OP. The standard InChI is InChI=1S/C10H13IN5OP/c1-7-5-13-2-3-15(7)9-6-14-16(18-11)10(17)8(9)4-12/h6-7,13,18H,2-3,5H2,1H3. The Labute approximate surface area is 120 Å². The maximum absolute atomic E-state index is 12.0. The van der Waals surface area contributed by atoms with Crippen molar-refractivity contribution >= 4 is 34.1 Å². The van der Waals surface area contributed by atoms with Crippen LogP contribution < -0.4 is 15.8 Å². The van der Waals surface area contributed by atoms with E-state index in [2.05, 4.69) is 44.3 Å². The highest BCUT2D eigenvalue weighted by molar-refractivity contribution is 14.2. The van der Waals surface area contributed by atoms with Crippen LogP contribution in [0, 0.1) is 11.3 Å². The molecule has 0 bridgehead atoms. The average molecular weight is 377 g/mol. The van der Waals surface area contributed by atoms with Gasteiger partial charge in [-0.1, -0.05) is 0 Å². The van der Waals surface area contributed by atoms with Crippen LogP contribution in [0.3, 0.4) is 0 Å². The van der Waals surface area contributed by atoms with Crippen LogP contribution in [0.25, 0.3) is 0 Å². The third-order valence-electron chi connectivity index (χ3n) is 2.96. The lowest BCUT2D eigenvalue weighted by Crippen LogP contribution is -2.50. The van der Waals surface area contributed by atoms with Crippen molar-refractivity contribution in [2.45, 2.75) is 13.0 Å². The summed E-state index contributed by atoms with van der Waals surface area (Å²) in [5, 5.41) is 16.6. The van der Waals surface area contributed by atoms with E-state index < -0.39 is 0 Å². The Balaban J connectivity index is 2.48. The molecule has 1 saturated heterocycles. The third-order valence-corrected chi connectivity index (χ3v) is 4.81. The van der Waals surface area contributed by atoms with Crippen LogP contribution in [-0.4, -0.2) is 35.2 Å². The molecule has 1 N–H and O–H groups in total. The van der Waals surface area contributed by atoms with Crippen molar-refractivity contribution in [3.05, 3.63) is 22.1 Å². The Morgan fingerprint density at radius 2 is 2.50 bits per heavy atom. The van der Waals surface area contributed by atoms with Gasteiger partial charge in [-0.2, -0.15) is 10.4 Å². The number of halogens is 1. The van der Waals surface area contributed by atoms with E-state index in [9.17, 15) is 10.1 Å². The molecule has 8 heteroatoms. The molecule has 18 heavy (non-hydrogen) atoms. The Bertz CT molecular complexity index is 540. The molecule has 1 aliphatic heterocycles. The summed E-state index contributed by atoms with van der Waals surface area (Å²) in [7, 11) is 0. The second-order valence-corrected chi connectivity index (χ2v) is 6.10. The monoisotopic (exact) mass is 377 g/mol. The first kappa shape index (κ1) is 13.7. The lowest BCUT2D eigenvalue weighted by Gasteiger charge is -2.35. The molecule has 96 valence electrons. The van der Waals surface area contributed by atoms with Crippen LogP contribution >= 0.6 is 28.4 Å². The van der Waals surface area contributed by atoms with Gasteiger partial charge < -0.3 is 10.2 Å². The molecule has 0 aliphatic carbocycles. The normalized spacial score (nSPS) is 20.3. The molecule has 2 heterocycles. The number of anilines is 1. The SMILES string of the molecule is CC1CNCCN1c1cnn(PI)c(=O)c1C#N. The van der Waals surface area contributed by atoms with Crippen LogP contribution in [0.4, 0.5) is 5.69 Å². The Morgan fingerprint density at radius 1 is 1.72 bits per heavy atom. The van der Waals surface area contributed by atoms with Gasteiger partial charge in [0.05, 0.1) is 18.3 Å². The van der Waals surface area contributed by atoms with Crippen LogP contribution in [0.2, 0.25) is 0 Å². The highest BCUT2D eigenvalue weighted by atomic mass is 127. The smallest absolute Gasteiger partial charge is 0.290 e. The zero-order valence-corrected chi connectivity index (χ0v) is 13.0. The molecule has 2 unspecified atom stereocenters. The van der Waals surface area contributed by atoms with Gasteiger partial charge in [0, 0.05) is 25.7 Å². The van der Waals surface area contributed by atoms with Crippen molar-refractivity contribution in [3.63, 3.8) is 0 Å². The van der Waals surface area contributed by atoms with E-state index in [1.54, 1.807) is 6.20 Å². The van der Waals surface area contributed by atoms with Gasteiger partial charge in [0.15, 0.2) is 0 Å². The van der Waals surface area contributed by atoms with Gasteiger partial charge in [0.25, 0.3) is 5.56 Å². The number of hydrogen-bond donors (Lipinski definition) is 1. The minimum Gasteiger partial charge on any atom is -0.364 e. The van der Waals surface area contributed by atoms with Gasteiger partial charge in [-0.05, 0) is 29.0 Å². The Kier molecular flexibility index (Phi) is 4.54. The van der Waals surface area contributed by atoms with Crippen molar-refractivity contribution in [2.75, 3.05) is 24.5 Å². The molecule has 1 aliphatic rings. The summed E-state index contributed by atoms with van der Waals surface area (Å²) in [6, 6.07) is 2.28. The van der Waals surface area contributed by atoms with Crippen molar-refractivity contribution in [1.82, 2.24) is 14.9 Å². The van der Waals surface area contributed by atoms with Gasteiger partial charge in [-0.25, -0.2) is 4.45 Å².